The smallest absolute Gasteiger partial charge is 0.410 e. The maximum absolute atomic E-state index is 12.4. The molecule has 2 amide bonds. The van der Waals surface area contributed by atoms with E-state index >= 15 is 0 Å². The minimum absolute atomic E-state index is 0.00553. The molecule has 0 saturated carbocycles. The maximum Gasteiger partial charge on any atom is 0.410 e. The molecule has 0 bridgehead atoms. The summed E-state index contributed by atoms with van der Waals surface area (Å²) in [7, 11) is 0. The number of aryl methyl sites for hydroxylation is 1. The first kappa shape index (κ1) is 20.7. The van der Waals surface area contributed by atoms with Crippen LogP contribution < -0.4 is 4.74 Å². The van der Waals surface area contributed by atoms with Crippen LogP contribution in [0.4, 0.5) is 4.79 Å². The predicted octanol–water partition coefficient (Wildman–Crippen LogP) is 3.50. The molecule has 0 atom stereocenters. The van der Waals surface area contributed by atoms with E-state index in [4.69, 9.17) is 9.47 Å². The van der Waals surface area contributed by atoms with Crippen LogP contribution in [0.3, 0.4) is 0 Å². The van der Waals surface area contributed by atoms with Gasteiger partial charge in [0.15, 0.2) is 6.61 Å². The largest absolute Gasteiger partial charge is 0.484 e. The highest BCUT2D eigenvalue weighted by Crippen LogP contribution is 2.14. The van der Waals surface area contributed by atoms with Crippen molar-refractivity contribution in [3.8, 4) is 5.75 Å². The van der Waals surface area contributed by atoms with Crippen LogP contribution in [-0.2, 0) is 22.6 Å². The van der Waals surface area contributed by atoms with Crippen molar-refractivity contribution < 1.29 is 19.1 Å². The van der Waals surface area contributed by atoms with E-state index in [9.17, 15) is 9.59 Å². The Kier molecular flexibility index (Phi) is 7.50. The summed E-state index contributed by atoms with van der Waals surface area (Å²) in [6.45, 7) is 4.30. The van der Waals surface area contributed by atoms with Crippen molar-refractivity contribution in [3.05, 3.63) is 65.7 Å². The Morgan fingerprint density at radius 3 is 2.17 bits per heavy atom. The van der Waals surface area contributed by atoms with Gasteiger partial charge in [-0.25, -0.2) is 4.79 Å². The molecule has 6 nitrogen and oxygen atoms in total. The minimum Gasteiger partial charge on any atom is -0.484 e. The Morgan fingerprint density at radius 1 is 0.862 bits per heavy atom. The SMILES string of the molecule is CCCc1ccc(OCC(=O)N2CCN(C(=O)OCc3ccccc3)CC2)cc1. The summed E-state index contributed by atoms with van der Waals surface area (Å²) < 4.78 is 11.0. The highest BCUT2D eigenvalue weighted by molar-refractivity contribution is 5.78. The zero-order valence-electron chi connectivity index (χ0n) is 16.9. The van der Waals surface area contributed by atoms with Gasteiger partial charge in [0.25, 0.3) is 5.91 Å². The lowest BCUT2D eigenvalue weighted by Crippen LogP contribution is -2.51. The maximum atomic E-state index is 12.4. The third-order valence-corrected chi connectivity index (χ3v) is 4.92. The molecule has 154 valence electrons. The van der Waals surface area contributed by atoms with Gasteiger partial charge in [-0.3, -0.25) is 4.79 Å². The number of carbonyl (C=O) groups is 2. The van der Waals surface area contributed by atoms with Gasteiger partial charge >= 0.3 is 6.09 Å². The van der Waals surface area contributed by atoms with Crippen LogP contribution >= 0.6 is 0 Å². The van der Waals surface area contributed by atoms with Gasteiger partial charge in [0.2, 0.25) is 0 Å². The van der Waals surface area contributed by atoms with Gasteiger partial charge in [-0.1, -0.05) is 55.8 Å². The molecule has 0 aromatic heterocycles. The first-order valence-corrected chi connectivity index (χ1v) is 10.1. The van der Waals surface area contributed by atoms with Crippen molar-refractivity contribution in [2.75, 3.05) is 32.8 Å². The lowest BCUT2D eigenvalue weighted by atomic mass is 10.1. The van der Waals surface area contributed by atoms with E-state index in [0.717, 1.165) is 18.4 Å². The molecule has 0 radical (unpaired) electrons. The van der Waals surface area contributed by atoms with E-state index in [0.29, 0.717) is 31.9 Å². The van der Waals surface area contributed by atoms with Gasteiger partial charge in [0.1, 0.15) is 12.4 Å². The number of carbonyl (C=O) groups excluding carboxylic acids is 2. The first-order chi connectivity index (χ1) is 14.2. The second-order valence-electron chi connectivity index (χ2n) is 7.09. The molecule has 1 fully saturated rings. The second kappa shape index (κ2) is 10.5. The van der Waals surface area contributed by atoms with Crippen LogP contribution in [0, 0.1) is 0 Å². The minimum atomic E-state index is -0.343. The van der Waals surface area contributed by atoms with Gasteiger partial charge in [-0.15, -0.1) is 0 Å². The molecule has 1 heterocycles. The fraction of sp³-hybridized carbons (Fsp3) is 0.391. The summed E-state index contributed by atoms with van der Waals surface area (Å²) in [6.07, 6.45) is 1.80. The quantitative estimate of drug-likeness (QED) is 0.719. The van der Waals surface area contributed by atoms with Gasteiger partial charge in [-0.05, 0) is 29.7 Å². The number of benzene rings is 2. The van der Waals surface area contributed by atoms with Crippen LogP contribution in [-0.4, -0.2) is 54.6 Å². The molecule has 1 aliphatic rings. The number of hydrogen-bond donors (Lipinski definition) is 0. The molecule has 0 spiro atoms. The fourth-order valence-electron chi connectivity index (χ4n) is 3.23. The molecular weight excluding hydrogens is 368 g/mol. The van der Waals surface area contributed by atoms with E-state index in [-0.39, 0.29) is 25.2 Å². The van der Waals surface area contributed by atoms with Crippen LogP contribution in [0.25, 0.3) is 0 Å². The van der Waals surface area contributed by atoms with E-state index in [2.05, 4.69) is 6.92 Å². The van der Waals surface area contributed by atoms with Gasteiger partial charge in [0, 0.05) is 26.2 Å². The van der Waals surface area contributed by atoms with Gasteiger partial charge in [0.05, 0.1) is 0 Å². The Hall–Kier alpha value is -3.02. The molecule has 1 saturated heterocycles. The Balaban J connectivity index is 1.38. The summed E-state index contributed by atoms with van der Waals surface area (Å²) in [5.74, 6) is 0.626. The van der Waals surface area contributed by atoms with Crippen LogP contribution in [0.15, 0.2) is 54.6 Å². The Morgan fingerprint density at radius 2 is 1.52 bits per heavy atom. The number of ether oxygens (including phenoxy) is 2. The summed E-state index contributed by atoms with van der Waals surface area (Å²) in [4.78, 5) is 28.0. The van der Waals surface area contributed by atoms with Crippen molar-refractivity contribution in [3.63, 3.8) is 0 Å². The number of amides is 2. The molecule has 0 aliphatic carbocycles. The lowest BCUT2D eigenvalue weighted by Gasteiger charge is -2.34. The number of hydrogen-bond acceptors (Lipinski definition) is 4. The standard InChI is InChI=1S/C23H28N2O4/c1-2-6-19-9-11-21(12-10-19)28-18-22(26)24-13-15-25(16-14-24)23(27)29-17-20-7-4-3-5-8-20/h3-5,7-12H,2,6,13-18H2,1H3. The topological polar surface area (TPSA) is 59.1 Å². The highest BCUT2D eigenvalue weighted by atomic mass is 16.6. The number of rotatable bonds is 7. The highest BCUT2D eigenvalue weighted by Gasteiger charge is 2.25. The first-order valence-electron chi connectivity index (χ1n) is 10.1. The van der Waals surface area contributed by atoms with E-state index in [1.54, 1.807) is 9.80 Å². The van der Waals surface area contributed by atoms with Crippen molar-refractivity contribution in [2.24, 2.45) is 0 Å². The van der Waals surface area contributed by atoms with E-state index in [1.165, 1.54) is 5.56 Å². The van der Waals surface area contributed by atoms with E-state index < -0.39 is 0 Å². The number of nitrogens with zero attached hydrogens (tertiary/aromatic N) is 2. The third kappa shape index (κ3) is 6.24. The average Bonchev–Trinajstić information content (AvgIpc) is 2.78. The van der Waals surface area contributed by atoms with Gasteiger partial charge in [-0.2, -0.15) is 0 Å². The monoisotopic (exact) mass is 396 g/mol. The molecule has 3 rings (SSSR count). The zero-order valence-corrected chi connectivity index (χ0v) is 16.9. The summed E-state index contributed by atoms with van der Waals surface area (Å²) >= 11 is 0. The van der Waals surface area contributed by atoms with Crippen molar-refractivity contribution in [1.82, 2.24) is 9.80 Å². The van der Waals surface area contributed by atoms with Crippen molar-refractivity contribution in [1.29, 1.82) is 0 Å². The molecule has 0 N–H and O–H groups in total. The summed E-state index contributed by atoms with van der Waals surface area (Å²) in [5, 5.41) is 0. The predicted molar refractivity (Wildman–Crippen MR) is 111 cm³/mol. The van der Waals surface area contributed by atoms with E-state index in [1.807, 2.05) is 54.6 Å². The summed E-state index contributed by atoms with van der Waals surface area (Å²) in [6, 6.07) is 17.4. The van der Waals surface area contributed by atoms with Gasteiger partial charge < -0.3 is 19.3 Å². The molecule has 29 heavy (non-hydrogen) atoms. The van der Waals surface area contributed by atoms with Crippen molar-refractivity contribution >= 4 is 12.0 Å². The Bertz CT molecular complexity index is 784. The molecule has 1 aliphatic heterocycles. The molecular formula is C23H28N2O4. The van der Waals surface area contributed by atoms with Crippen molar-refractivity contribution in [2.45, 2.75) is 26.4 Å². The summed E-state index contributed by atoms with van der Waals surface area (Å²) in [5.41, 5.74) is 2.22. The van der Waals surface area contributed by atoms with Crippen LogP contribution in [0.2, 0.25) is 0 Å². The molecule has 0 unspecified atom stereocenters. The zero-order chi connectivity index (χ0) is 20.5. The Labute approximate surface area is 172 Å². The van der Waals surface area contributed by atoms with Crippen LogP contribution in [0.1, 0.15) is 24.5 Å². The molecule has 6 heteroatoms. The van der Waals surface area contributed by atoms with Crippen LogP contribution in [0.5, 0.6) is 5.75 Å². The number of piperazine rings is 1. The second-order valence-corrected chi connectivity index (χ2v) is 7.09. The normalized spacial score (nSPS) is 13.8. The molecule has 2 aromatic rings. The average molecular weight is 396 g/mol. The third-order valence-electron chi connectivity index (χ3n) is 4.92. The lowest BCUT2D eigenvalue weighted by molar-refractivity contribution is -0.135. The molecule has 2 aromatic carbocycles. The fourth-order valence-corrected chi connectivity index (χ4v) is 3.23.